The quantitative estimate of drug-likeness (QED) is 0.661. The summed E-state index contributed by atoms with van der Waals surface area (Å²) in [5, 5.41) is 13.1. The summed E-state index contributed by atoms with van der Waals surface area (Å²) >= 11 is 0. The van der Waals surface area contributed by atoms with E-state index in [9.17, 15) is 9.59 Å². The molecule has 0 saturated heterocycles. The van der Waals surface area contributed by atoms with Crippen molar-refractivity contribution in [3.63, 3.8) is 0 Å². The molecule has 0 fully saturated rings. The number of rotatable bonds is 2. The number of hydrogen-bond acceptors (Lipinski definition) is 5. The number of anilines is 1. The molecule has 126 valence electrons. The summed E-state index contributed by atoms with van der Waals surface area (Å²) in [6, 6.07) is 12.3. The second-order valence-electron chi connectivity index (χ2n) is 5.75. The fraction of sp³-hybridized carbons (Fsp3) is 0.167. The molecular formula is C18H16N4O3. The lowest BCUT2D eigenvalue weighted by atomic mass is 10.1. The molecule has 0 bridgehead atoms. The molecule has 1 aliphatic heterocycles. The lowest BCUT2D eigenvalue weighted by molar-refractivity contribution is 0.102. The van der Waals surface area contributed by atoms with Crippen LogP contribution in [0.3, 0.4) is 0 Å². The first-order valence-electron chi connectivity index (χ1n) is 7.97. The number of carbonyl (C=O) groups is 1. The first-order valence-corrected chi connectivity index (χ1v) is 7.97. The van der Waals surface area contributed by atoms with E-state index >= 15 is 0 Å². The van der Waals surface area contributed by atoms with Gasteiger partial charge in [0.1, 0.15) is 12.4 Å². The van der Waals surface area contributed by atoms with E-state index in [1.54, 1.807) is 30.3 Å². The molecule has 0 unspecified atom stereocenters. The molecule has 1 aromatic heterocycles. The van der Waals surface area contributed by atoms with E-state index in [2.05, 4.69) is 20.8 Å². The van der Waals surface area contributed by atoms with Crippen molar-refractivity contribution in [2.24, 2.45) is 0 Å². The van der Waals surface area contributed by atoms with Gasteiger partial charge < -0.3 is 15.4 Å². The van der Waals surface area contributed by atoms with Gasteiger partial charge in [-0.15, -0.1) is 0 Å². The second kappa shape index (κ2) is 6.37. The summed E-state index contributed by atoms with van der Waals surface area (Å²) in [4.78, 5) is 24.9. The number of para-hydroxylation sites is 1. The number of aromatic nitrogens is 2. The van der Waals surface area contributed by atoms with Gasteiger partial charge in [0.2, 0.25) is 5.43 Å². The fourth-order valence-corrected chi connectivity index (χ4v) is 2.81. The molecule has 2 aromatic carbocycles. The van der Waals surface area contributed by atoms with Crippen LogP contribution < -0.4 is 20.8 Å². The molecule has 1 amide bonds. The van der Waals surface area contributed by atoms with Crippen LogP contribution in [0, 0.1) is 0 Å². The molecule has 0 spiro atoms. The van der Waals surface area contributed by atoms with Crippen LogP contribution in [0.2, 0.25) is 0 Å². The third kappa shape index (κ3) is 2.97. The van der Waals surface area contributed by atoms with Crippen molar-refractivity contribution in [2.45, 2.75) is 6.54 Å². The van der Waals surface area contributed by atoms with Gasteiger partial charge in [-0.25, -0.2) is 0 Å². The van der Waals surface area contributed by atoms with Gasteiger partial charge in [0.25, 0.3) is 5.91 Å². The second-order valence-corrected chi connectivity index (χ2v) is 5.75. The number of amides is 1. The molecule has 7 heteroatoms. The monoisotopic (exact) mass is 336 g/mol. The van der Waals surface area contributed by atoms with Crippen LogP contribution in [0.1, 0.15) is 16.1 Å². The Kier molecular flexibility index (Phi) is 3.91. The van der Waals surface area contributed by atoms with E-state index < -0.39 is 11.3 Å². The van der Waals surface area contributed by atoms with E-state index in [1.807, 2.05) is 12.1 Å². The number of benzene rings is 2. The number of hydrogen-bond donors (Lipinski definition) is 3. The molecule has 25 heavy (non-hydrogen) atoms. The van der Waals surface area contributed by atoms with Crippen molar-refractivity contribution < 1.29 is 9.53 Å². The summed E-state index contributed by atoms with van der Waals surface area (Å²) < 4.78 is 5.62. The third-order valence-corrected chi connectivity index (χ3v) is 4.06. The number of fused-ring (bicyclic) bond motifs is 2. The summed E-state index contributed by atoms with van der Waals surface area (Å²) in [6.45, 7) is 2.04. The third-order valence-electron chi connectivity index (χ3n) is 4.06. The number of nitrogens with zero attached hydrogens (tertiary/aromatic N) is 1. The van der Waals surface area contributed by atoms with Crippen molar-refractivity contribution in [3.05, 3.63) is 63.9 Å². The van der Waals surface area contributed by atoms with E-state index in [1.165, 1.54) is 0 Å². The van der Waals surface area contributed by atoms with Gasteiger partial charge in [0, 0.05) is 29.7 Å². The predicted octanol–water partition coefficient (Wildman–Crippen LogP) is 1.66. The molecule has 0 saturated carbocycles. The van der Waals surface area contributed by atoms with Gasteiger partial charge in [0.15, 0.2) is 5.69 Å². The maximum Gasteiger partial charge on any atom is 0.280 e. The van der Waals surface area contributed by atoms with Crippen LogP contribution in [-0.4, -0.2) is 29.3 Å². The Labute approximate surface area is 143 Å². The normalized spacial score (nSPS) is 13.6. The van der Waals surface area contributed by atoms with E-state index in [0.717, 1.165) is 17.9 Å². The molecule has 0 radical (unpaired) electrons. The maximum absolute atomic E-state index is 12.5. The molecule has 4 rings (SSSR count). The summed E-state index contributed by atoms with van der Waals surface area (Å²) in [5.41, 5.74) is 1.58. The van der Waals surface area contributed by atoms with Crippen molar-refractivity contribution >= 4 is 22.5 Å². The SMILES string of the molecule is O=C(Nc1ccc2c(c1)CNCCO2)c1n[nH]c2ccccc2c1=O. The highest BCUT2D eigenvalue weighted by Crippen LogP contribution is 2.24. The molecular weight excluding hydrogens is 320 g/mol. The van der Waals surface area contributed by atoms with Gasteiger partial charge in [-0.05, 0) is 30.3 Å². The average molecular weight is 336 g/mol. The van der Waals surface area contributed by atoms with Crippen molar-refractivity contribution in [1.82, 2.24) is 15.5 Å². The highest BCUT2D eigenvalue weighted by Gasteiger charge is 2.16. The highest BCUT2D eigenvalue weighted by molar-refractivity contribution is 6.04. The van der Waals surface area contributed by atoms with Crippen LogP contribution in [0.5, 0.6) is 5.75 Å². The Bertz CT molecular complexity index is 1010. The van der Waals surface area contributed by atoms with Crippen LogP contribution in [-0.2, 0) is 6.54 Å². The van der Waals surface area contributed by atoms with Crippen LogP contribution in [0.15, 0.2) is 47.3 Å². The summed E-state index contributed by atoms with van der Waals surface area (Å²) in [7, 11) is 0. The standard InChI is InChI=1S/C18H16N4O3/c23-17-13-3-1-2-4-14(13)21-22-16(17)18(24)20-12-5-6-15-11(9-12)10-19-7-8-25-15/h1-6,9,19H,7-8,10H2,(H,20,24)(H,21,23). The number of carbonyl (C=O) groups excluding carboxylic acids is 1. The lowest BCUT2D eigenvalue weighted by Crippen LogP contribution is -2.24. The minimum absolute atomic E-state index is 0.164. The Balaban J connectivity index is 1.63. The minimum Gasteiger partial charge on any atom is -0.492 e. The zero-order valence-corrected chi connectivity index (χ0v) is 13.3. The van der Waals surface area contributed by atoms with Crippen molar-refractivity contribution in [3.8, 4) is 5.75 Å². The van der Waals surface area contributed by atoms with Gasteiger partial charge in [-0.2, -0.15) is 5.10 Å². The van der Waals surface area contributed by atoms with Gasteiger partial charge in [-0.1, -0.05) is 12.1 Å². The van der Waals surface area contributed by atoms with Crippen LogP contribution in [0.25, 0.3) is 10.9 Å². The molecule has 2 heterocycles. The lowest BCUT2D eigenvalue weighted by Gasteiger charge is -2.10. The molecule has 3 N–H and O–H groups in total. The first-order chi connectivity index (χ1) is 12.2. The Morgan fingerprint density at radius 2 is 2.08 bits per heavy atom. The number of nitrogens with one attached hydrogen (secondary N) is 3. The van der Waals surface area contributed by atoms with Crippen molar-refractivity contribution in [1.29, 1.82) is 0 Å². The largest absolute Gasteiger partial charge is 0.492 e. The number of H-pyrrole nitrogens is 1. The van der Waals surface area contributed by atoms with Gasteiger partial charge in [-0.3, -0.25) is 14.7 Å². The Morgan fingerprint density at radius 3 is 3.00 bits per heavy atom. The molecule has 3 aromatic rings. The number of ether oxygens (including phenoxy) is 1. The molecule has 7 nitrogen and oxygen atoms in total. The smallest absolute Gasteiger partial charge is 0.280 e. The number of aromatic amines is 1. The summed E-state index contributed by atoms with van der Waals surface area (Å²) in [5.74, 6) is 0.249. The van der Waals surface area contributed by atoms with Crippen LogP contribution in [0.4, 0.5) is 5.69 Å². The Hall–Kier alpha value is -3.19. The topological polar surface area (TPSA) is 96.1 Å². The van der Waals surface area contributed by atoms with Gasteiger partial charge in [0.05, 0.1) is 5.52 Å². The first kappa shape index (κ1) is 15.3. The fourth-order valence-electron chi connectivity index (χ4n) is 2.81. The maximum atomic E-state index is 12.5. The van der Waals surface area contributed by atoms with E-state index in [-0.39, 0.29) is 5.69 Å². The highest BCUT2D eigenvalue weighted by atomic mass is 16.5. The molecule has 0 atom stereocenters. The van der Waals surface area contributed by atoms with E-state index in [4.69, 9.17) is 4.74 Å². The average Bonchev–Trinajstić information content (AvgIpc) is 2.87. The predicted molar refractivity (Wildman–Crippen MR) is 94.0 cm³/mol. The zero-order valence-electron chi connectivity index (χ0n) is 13.3. The van der Waals surface area contributed by atoms with Crippen molar-refractivity contribution in [2.75, 3.05) is 18.5 Å². The van der Waals surface area contributed by atoms with E-state index in [0.29, 0.717) is 29.7 Å². The van der Waals surface area contributed by atoms with Gasteiger partial charge >= 0.3 is 0 Å². The minimum atomic E-state index is -0.547. The molecule has 1 aliphatic rings. The zero-order chi connectivity index (χ0) is 17.2. The Morgan fingerprint density at radius 1 is 1.20 bits per heavy atom. The summed E-state index contributed by atoms with van der Waals surface area (Å²) in [6.07, 6.45) is 0. The molecule has 0 aliphatic carbocycles. The van der Waals surface area contributed by atoms with Crippen LogP contribution >= 0.6 is 0 Å².